The van der Waals surface area contributed by atoms with Gasteiger partial charge in [0, 0.05) is 22.3 Å². The Kier molecular flexibility index (Phi) is 6.55. The van der Waals surface area contributed by atoms with Crippen LogP contribution in [0.2, 0.25) is 10.0 Å². The Bertz CT molecular complexity index is 1220. The second-order valence-corrected chi connectivity index (χ2v) is 7.74. The van der Waals surface area contributed by atoms with Gasteiger partial charge in [0.1, 0.15) is 11.4 Å². The van der Waals surface area contributed by atoms with Crippen LogP contribution in [-0.4, -0.2) is 11.6 Å². The molecule has 0 atom stereocenters. The SMILES string of the molecule is O=C(c1ccccc1)c1ccc(N=Nc2ccc(C(=O)c3ccccc3)cc2Cl)c(Cl)c1. The third kappa shape index (κ3) is 4.83. The molecule has 32 heavy (non-hydrogen) atoms. The lowest BCUT2D eigenvalue weighted by Gasteiger charge is -2.05. The lowest BCUT2D eigenvalue weighted by atomic mass is 10.0. The van der Waals surface area contributed by atoms with Crippen LogP contribution in [0.5, 0.6) is 0 Å². The van der Waals surface area contributed by atoms with Crippen molar-refractivity contribution in [3.05, 3.63) is 129 Å². The van der Waals surface area contributed by atoms with E-state index in [1.165, 1.54) is 0 Å². The molecule has 4 rings (SSSR count). The standard InChI is InChI=1S/C26H16Cl2N2O2/c27-21-15-19(25(31)17-7-3-1-4-8-17)11-13-23(21)29-30-24-14-12-20(16-22(24)28)26(32)18-9-5-2-6-10-18/h1-16H. The number of azo groups is 1. The molecule has 0 aliphatic heterocycles. The highest BCUT2D eigenvalue weighted by atomic mass is 35.5. The van der Waals surface area contributed by atoms with Crippen LogP contribution < -0.4 is 0 Å². The summed E-state index contributed by atoms with van der Waals surface area (Å²) in [6.07, 6.45) is 0. The van der Waals surface area contributed by atoms with Gasteiger partial charge in [0.25, 0.3) is 0 Å². The van der Waals surface area contributed by atoms with E-state index in [2.05, 4.69) is 10.2 Å². The molecule has 0 radical (unpaired) electrons. The Hall–Kier alpha value is -3.60. The highest BCUT2D eigenvalue weighted by Crippen LogP contribution is 2.32. The molecule has 0 N–H and O–H groups in total. The first-order chi connectivity index (χ1) is 15.5. The summed E-state index contributed by atoms with van der Waals surface area (Å²) in [5.41, 5.74) is 2.88. The van der Waals surface area contributed by atoms with Crippen molar-refractivity contribution in [3.63, 3.8) is 0 Å². The topological polar surface area (TPSA) is 58.9 Å². The fourth-order valence-corrected chi connectivity index (χ4v) is 3.52. The summed E-state index contributed by atoms with van der Waals surface area (Å²) in [6.45, 7) is 0. The second kappa shape index (κ2) is 9.69. The second-order valence-electron chi connectivity index (χ2n) is 6.92. The van der Waals surface area contributed by atoms with E-state index in [1.54, 1.807) is 84.9 Å². The summed E-state index contributed by atoms with van der Waals surface area (Å²) in [7, 11) is 0. The number of rotatable bonds is 6. The molecule has 0 unspecified atom stereocenters. The van der Waals surface area contributed by atoms with Crippen LogP contribution in [0.3, 0.4) is 0 Å². The maximum atomic E-state index is 12.6. The van der Waals surface area contributed by atoms with E-state index in [0.717, 1.165) is 0 Å². The highest BCUT2D eigenvalue weighted by molar-refractivity contribution is 6.34. The Labute approximate surface area is 195 Å². The smallest absolute Gasteiger partial charge is 0.193 e. The molecule has 4 aromatic carbocycles. The average Bonchev–Trinajstić information content (AvgIpc) is 2.84. The first-order valence-corrected chi connectivity index (χ1v) is 10.5. The largest absolute Gasteiger partial charge is 0.289 e. The third-order valence-electron chi connectivity index (χ3n) is 4.76. The van der Waals surface area contributed by atoms with E-state index in [1.807, 2.05) is 12.1 Å². The van der Waals surface area contributed by atoms with E-state index in [-0.39, 0.29) is 11.6 Å². The molecular formula is C26H16Cl2N2O2. The normalized spacial score (nSPS) is 10.9. The Morgan fingerprint density at radius 3 is 1.22 bits per heavy atom. The van der Waals surface area contributed by atoms with Crippen molar-refractivity contribution in [2.75, 3.05) is 0 Å². The predicted molar refractivity (Wildman–Crippen MR) is 127 cm³/mol. The van der Waals surface area contributed by atoms with Crippen LogP contribution in [0, 0.1) is 0 Å². The zero-order chi connectivity index (χ0) is 22.5. The minimum atomic E-state index is -0.127. The van der Waals surface area contributed by atoms with E-state index < -0.39 is 0 Å². The molecule has 156 valence electrons. The molecule has 0 bridgehead atoms. The van der Waals surface area contributed by atoms with Crippen molar-refractivity contribution in [2.45, 2.75) is 0 Å². The molecule has 0 saturated carbocycles. The van der Waals surface area contributed by atoms with Crippen molar-refractivity contribution in [1.29, 1.82) is 0 Å². The van der Waals surface area contributed by atoms with Gasteiger partial charge in [-0.2, -0.15) is 0 Å². The molecule has 4 nitrogen and oxygen atoms in total. The first kappa shape index (κ1) is 21.6. The highest BCUT2D eigenvalue weighted by Gasteiger charge is 2.12. The van der Waals surface area contributed by atoms with Crippen LogP contribution in [0.4, 0.5) is 11.4 Å². The van der Waals surface area contributed by atoms with Gasteiger partial charge < -0.3 is 0 Å². The predicted octanol–water partition coefficient (Wildman–Crippen LogP) is 7.87. The number of carbonyl (C=O) groups is 2. The van der Waals surface area contributed by atoms with Crippen LogP contribution in [-0.2, 0) is 0 Å². The zero-order valence-electron chi connectivity index (χ0n) is 16.7. The van der Waals surface area contributed by atoms with Crippen molar-refractivity contribution in [3.8, 4) is 0 Å². The summed E-state index contributed by atoms with van der Waals surface area (Å²) in [4.78, 5) is 25.1. The van der Waals surface area contributed by atoms with Crippen LogP contribution in [0.1, 0.15) is 31.8 Å². The van der Waals surface area contributed by atoms with Gasteiger partial charge in [0.15, 0.2) is 11.6 Å². The summed E-state index contributed by atoms with van der Waals surface area (Å²) < 4.78 is 0. The average molecular weight is 459 g/mol. The quantitative estimate of drug-likeness (QED) is 0.218. The summed E-state index contributed by atoms with van der Waals surface area (Å²) in [5, 5.41) is 8.90. The first-order valence-electron chi connectivity index (χ1n) is 9.73. The van der Waals surface area contributed by atoms with Crippen LogP contribution in [0.25, 0.3) is 0 Å². The zero-order valence-corrected chi connectivity index (χ0v) is 18.2. The number of halogens is 2. The molecule has 0 heterocycles. The van der Waals surface area contributed by atoms with Gasteiger partial charge in [-0.1, -0.05) is 83.9 Å². The van der Waals surface area contributed by atoms with Gasteiger partial charge in [-0.3, -0.25) is 9.59 Å². The molecular weight excluding hydrogens is 443 g/mol. The molecule has 0 aliphatic carbocycles. The minimum absolute atomic E-state index is 0.127. The number of ketones is 2. The van der Waals surface area contributed by atoms with Crippen LogP contribution >= 0.6 is 23.2 Å². The molecule has 0 amide bonds. The van der Waals surface area contributed by atoms with E-state index in [4.69, 9.17) is 23.2 Å². The number of benzene rings is 4. The maximum absolute atomic E-state index is 12.6. The van der Waals surface area contributed by atoms with Crippen molar-refractivity contribution >= 4 is 46.1 Å². The number of carbonyl (C=O) groups excluding carboxylic acids is 2. The molecule has 4 aromatic rings. The van der Waals surface area contributed by atoms with E-state index in [0.29, 0.717) is 43.7 Å². The van der Waals surface area contributed by atoms with E-state index in [9.17, 15) is 9.59 Å². The molecule has 0 spiro atoms. The van der Waals surface area contributed by atoms with E-state index >= 15 is 0 Å². The maximum Gasteiger partial charge on any atom is 0.193 e. The fourth-order valence-electron chi connectivity index (χ4n) is 3.08. The number of hydrogen-bond donors (Lipinski definition) is 0. The summed E-state index contributed by atoms with van der Waals surface area (Å²) in [6, 6.07) is 27.6. The summed E-state index contributed by atoms with van der Waals surface area (Å²) >= 11 is 12.6. The molecule has 6 heteroatoms. The number of hydrogen-bond acceptors (Lipinski definition) is 4. The van der Waals surface area contributed by atoms with Gasteiger partial charge in [0.2, 0.25) is 0 Å². The van der Waals surface area contributed by atoms with Crippen molar-refractivity contribution in [1.82, 2.24) is 0 Å². The lowest BCUT2D eigenvalue weighted by Crippen LogP contribution is -2.00. The fraction of sp³-hybridized carbons (Fsp3) is 0. The number of nitrogens with zero attached hydrogens (tertiary/aromatic N) is 2. The van der Waals surface area contributed by atoms with Gasteiger partial charge >= 0.3 is 0 Å². The Morgan fingerprint density at radius 1 is 0.500 bits per heavy atom. The molecule has 0 aromatic heterocycles. The van der Waals surface area contributed by atoms with Gasteiger partial charge in [-0.05, 0) is 36.4 Å². The van der Waals surface area contributed by atoms with Gasteiger partial charge in [0.05, 0.1) is 10.0 Å². The van der Waals surface area contributed by atoms with Crippen LogP contribution in [0.15, 0.2) is 107 Å². The van der Waals surface area contributed by atoms with Crippen molar-refractivity contribution in [2.24, 2.45) is 10.2 Å². The Balaban J connectivity index is 1.53. The monoisotopic (exact) mass is 458 g/mol. The minimum Gasteiger partial charge on any atom is -0.289 e. The third-order valence-corrected chi connectivity index (χ3v) is 5.36. The Morgan fingerprint density at radius 2 is 0.875 bits per heavy atom. The van der Waals surface area contributed by atoms with Gasteiger partial charge in [-0.25, -0.2) is 0 Å². The molecule has 0 aliphatic rings. The lowest BCUT2D eigenvalue weighted by molar-refractivity contribution is 0.103. The van der Waals surface area contributed by atoms with Gasteiger partial charge in [-0.15, -0.1) is 10.2 Å². The molecule has 0 saturated heterocycles. The molecule has 0 fully saturated rings. The summed E-state index contributed by atoms with van der Waals surface area (Å²) in [5.74, 6) is -0.254. The van der Waals surface area contributed by atoms with Crippen molar-refractivity contribution < 1.29 is 9.59 Å².